The summed E-state index contributed by atoms with van der Waals surface area (Å²) in [5, 5.41) is 7.36. The smallest absolute Gasteiger partial charge is 0.370 e. The third-order valence-corrected chi connectivity index (χ3v) is 5.78. The van der Waals surface area contributed by atoms with Crippen molar-refractivity contribution in [2.24, 2.45) is 17.9 Å². The van der Waals surface area contributed by atoms with Gasteiger partial charge in [0.05, 0.1) is 29.6 Å². The fourth-order valence-electron chi connectivity index (χ4n) is 4.22. The minimum absolute atomic E-state index is 0.133. The molecule has 0 bridgehead atoms. The van der Waals surface area contributed by atoms with Gasteiger partial charge in [-0.25, -0.2) is 10.8 Å². The molecule has 0 saturated heterocycles. The summed E-state index contributed by atoms with van der Waals surface area (Å²) in [5.74, 6) is 5.82. The number of hydrogen-bond acceptors (Lipinski definition) is 7. The number of benzene rings is 1. The van der Waals surface area contributed by atoms with Crippen LogP contribution in [0.5, 0.6) is 0 Å². The second kappa shape index (κ2) is 13.5. The number of aldehydes is 1. The second-order valence-electron chi connectivity index (χ2n) is 7.98. The topological polar surface area (TPSA) is 131 Å². The van der Waals surface area contributed by atoms with Crippen LogP contribution < -0.4 is 21.5 Å². The zero-order chi connectivity index (χ0) is 30.2. The lowest BCUT2D eigenvalue weighted by Gasteiger charge is -2.19. The lowest BCUT2D eigenvalue weighted by atomic mass is 9.99. The molecule has 4 rings (SSSR count). The van der Waals surface area contributed by atoms with Gasteiger partial charge in [-0.2, -0.15) is 18.3 Å². The van der Waals surface area contributed by atoms with Crippen molar-refractivity contribution in [3.8, 4) is 11.3 Å². The van der Waals surface area contributed by atoms with Crippen molar-refractivity contribution >= 4 is 29.7 Å². The average molecular weight is 559 g/mol. The summed E-state index contributed by atoms with van der Waals surface area (Å²) in [7, 11) is 3.27. The lowest BCUT2D eigenvalue weighted by molar-refractivity contribution is -0.138. The molecule has 0 atom stereocenters. The average Bonchev–Trinajstić information content (AvgIpc) is 3.50. The number of aromatic nitrogens is 3. The molecule has 3 heterocycles. The molecule has 1 aliphatic rings. The molecule has 0 radical (unpaired) electrons. The Bertz CT molecular complexity index is 1400. The summed E-state index contributed by atoms with van der Waals surface area (Å²) in [6, 6.07) is 5.24. The molecule has 0 spiro atoms. The zero-order valence-electron chi connectivity index (χ0n) is 23.1. The van der Waals surface area contributed by atoms with E-state index >= 15 is 0 Å². The molecule has 13 heteroatoms. The molecular formula is C27H33F3N8O2. The normalized spacial score (nSPS) is 12.6. The predicted octanol–water partition coefficient (Wildman–Crippen LogP) is 4.57. The maximum atomic E-state index is 13.8. The van der Waals surface area contributed by atoms with Gasteiger partial charge < -0.3 is 10.7 Å². The van der Waals surface area contributed by atoms with Crippen LogP contribution in [0, 0.1) is 0 Å². The maximum Gasteiger partial charge on any atom is 0.416 e. The molecular weight excluding hydrogens is 525 g/mol. The molecule has 2 aromatic heterocycles. The van der Waals surface area contributed by atoms with Gasteiger partial charge in [0.25, 0.3) is 5.91 Å². The molecule has 3 aromatic rings. The number of carbonyl (C=O) groups excluding carboxylic acids is 2. The molecule has 0 fully saturated rings. The van der Waals surface area contributed by atoms with Gasteiger partial charge >= 0.3 is 6.18 Å². The van der Waals surface area contributed by atoms with Crippen LogP contribution >= 0.6 is 0 Å². The van der Waals surface area contributed by atoms with Crippen molar-refractivity contribution in [2.75, 3.05) is 23.8 Å². The van der Waals surface area contributed by atoms with Crippen LogP contribution in [0.15, 0.2) is 48.6 Å². The Morgan fingerprint density at radius 2 is 1.90 bits per heavy atom. The number of nitrogens with one attached hydrogen (secondary N) is 2. The molecule has 10 nitrogen and oxygen atoms in total. The number of fused-ring (bicyclic) bond motifs is 1. The lowest BCUT2D eigenvalue weighted by Crippen LogP contribution is -2.31. The molecule has 1 aliphatic heterocycles. The second-order valence-corrected chi connectivity index (χ2v) is 7.98. The number of aliphatic imine (C=N–C) groups is 1. The van der Waals surface area contributed by atoms with Crippen LogP contribution in [-0.4, -0.2) is 46.4 Å². The molecule has 40 heavy (non-hydrogen) atoms. The minimum atomic E-state index is -4.74. The van der Waals surface area contributed by atoms with E-state index in [1.165, 1.54) is 6.07 Å². The van der Waals surface area contributed by atoms with Crippen LogP contribution in [0.25, 0.3) is 11.3 Å². The number of hydrazine groups is 1. The summed E-state index contributed by atoms with van der Waals surface area (Å²) in [6.45, 7) is 12.0. The Morgan fingerprint density at radius 3 is 2.45 bits per heavy atom. The van der Waals surface area contributed by atoms with Crippen molar-refractivity contribution in [1.29, 1.82) is 0 Å². The minimum Gasteiger partial charge on any atom is -0.370 e. The van der Waals surface area contributed by atoms with E-state index in [4.69, 9.17) is 5.84 Å². The molecule has 0 unspecified atom stereocenters. The number of amides is 1. The number of alkyl halides is 3. The largest absolute Gasteiger partial charge is 0.416 e. The Kier molecular flexibility index (Phi) is 10.7. The number of anilines is 2. The number of pyridine rings is 1. The van der Waals surface area contributed by atoms with Crippen LogP contribution in [0.4, 0.5) is 24.8 Å². The fourth-order valence-corrected chi connectivity index (χ4v) is 4.22. The number of aryl methyl sites for hydroxylation is 1. The van der Waals surface area contributed by atoms with E-state index in [-0.39, 0.29) is 35.3 Å². The Labute approximate surface area is 230 Å². The molecule has 4 N–H and O–H groups in total. The predicted molar refractivity (Wildman–Crippen MR) is 150 cm³/mol. The van der Waals surface area contributed by atoms with Crippen LogP contribution in [0.2, 0.25) is 0 Å². The number of hydrogen-bond donors (Lipinski definition) is 3. The van der Waals surface area contributed by atoms with E-state index in [1.54, 1.807) is 37.1 Å². The highest BCUT2D eigenvalue weighted by Gasteiger charge is 2.41. The van der Waals surface area contributed by atoms with Crippen LogP contribution in [-0.2, 0) is 19.8 Å². The van der Waals surface area contributed by atoms with Gasteiger partial charge in [0.2, 0.25) is 0 Å². The summed E-state index contributed by atoms with van der Waals surface area (Å²) in [6.07, 6.45) is -2.88. The Morgan fingerprint density at radius 1 is 1.23 bits per heavy atom. The van der Waals surface area contributed by atoms with Gasteiger partial charge in [-0.1, -0.05) is 13.8 Å². The number of carbonyl (C=O) groups is 2. The first kappa shape index (κ1) is 31.7. The molecule has 1 amide bonds. The molecule has 0 aliphatic carbocycles. The number of nitrogens with two attached hydrogens (primary N) is 1. The summed E-state index contributed by atoms with van der Waals surface area (Å²) in [4.78, 5) is 34.3. The van der Waals surface area contributed by atoms with E-state index in [1.807, 2.05) is 20.8 Å². The zero-order valence-corrected chi connectivity index (χ0v) is 23.1. The summed E-state index contributed by atoms with van der Waals surface area (Å²) < 4.78 is 42.9. The van der Waals surface area contributed by atoms with Crippen molar-refractivity contribution in [3.63, 3.8) is 0 Å². The highest BCUT2D eigenvalue weighted by molar-refractivity contribution is 6.11. The van der Waals surface area contributed by atoms with Gasteiger partial charge in [-0.05, 0) is 36.8 Å². The van der Waals surface area contributed by atoms with E-state index in [9.17, 15) is 22.8 Å². The van der Waals surface area contributed by atoms with Crippen molar-refractivity contribution in [1.82, 2.24) is 20.2 Å². The number of nitrogens with zero attached hydrogens (tertiary/aromatic N) is 5. The Hall–Kier alpha value is -4.52. The van der Waals surface area contributed by atoms with E-state index in [2.05, 4.69) is 39.0 Å². The highest BCUT2D eigenvalue weighted by Crippen LogP contribution is 2.40. The molecule has 1 aromatic carbocycles. The van der Waals surface area contributed by atoms with Gasteiger partial charge in [-0.3, -0.25) is 24.2 Å². The van der Waals surface area contributed by atoms with Gasteiger partial charge in [0.15, 0.2) is 0 Å². The molecule has 0 saturated carbocycles. The third kappa shape index (κ3) is 6.20. The third-order valence-electron chi connectivity index (χ3n) is 5.78. The Balaban J connectivity index is 0.00000134. The maximum absolute atomic E-state index is 13.8. The van der Waals surface area contributed by atoms with Gasteiger partial charge in [0, 0.05) is 37.3 Å². The van der Waals surface area contributed by atoms with E-state index < -0.39 is 17.6 Å². The fraction of sp³-hybridized carbons (Fsp3) is 0.296. The van der Waals surface area contributed by atoms with E-state index in [0.29, 0.717) is 35.0 Å². The van der Waals surface area contributed by atoms with Crippen molar-refractivity contribution < 1.29 is 22.8 Å². The SMILES string of the molecule is C=C.CC.CCNc1cc(-c2c(C(=NC)NN)cnn2C)cc(N2Cc3c(cc(C=O)cc3C(F)(F)F)C2=O)n1. The number of rotatable bonds is 6. The van der Waals surface area contributed by atoms with Gasteiger partial charge in [-0.15, -0.1) is 13.2 Å². The number of amidine groups is 1. The van der Waals surface area contributed by atoms with Crippen molar-refractivity contribution in [3.05, 3.63) is 71.4 Å². The van der Waals surface area contributed by atoms with E-state index in [0.717, 1.165) is 11.0 Å². The number of halogens is 3. The highest BCUT2D eigenvalue weighted by atomic mass is 19.4. The molecule has 214 valence electrons. The van der Waals surface area contributed by atoms with Crippen LogP contribution in [0.3, 0.4) is 0 Å². The standard InChI is InChI=1S/C23H23F3N8O2.C2H6.C2H4/c1-4-29-18-7-13(20-15(9-30-33(20)3)21(28-2)32-27)8-19(31-18)34-10-16-14(22(34)36)5-12(11-35)6-17(16)23(24,25)26;2*1-2/h5-9,11H,4,10,27H2,1-3H3,(H,28,32)(H,29,31);1-2H3;1-2H2. The summed E-state index contributed by atoms with van der Waals surface area (Å²) >= 11 is 0. The summed E-state index contributed by atoms with van der Waals surface area (Å²) in [5.41, 5.74) is 2.63. The van der Waals surface area contributed by atoms with Crippen LogP contribution in [0.1, 0.15) is 58.2 Å². The van der Waals surface area contributed by atoms with Gasteiger partial charge in [0.1, 0.15) is 23.8 Å². The first-order chi connectivity index (χ1) is 19.1. The first-order valence-electron chi connectivity index (χ1n) is 12.4. The monoisotopic (exact) mass is 558 g/mol. The first-order valence-corrected chi connectivity index (χ1v) is 12.4. The quantitative estimate of drug-likeness (QED) is 0.101. The van der Waals surface area contributed by atoms with Crippen molar-refractivity contribution in [2.45, 2.75) is 33.5 Å².